The van der Waals surface area contributed by atoms with Gasteiger partial charge in [-0.25, -0.2) is 5.43 Å². The van der Waals surface area contributed by atoms with Gasteiger partial charge in [-0.3, -0.25) is 4.79 Å². The molecule has 1 heterocycles. The summed E-state index contributed by atoms with van der Waals surface area (Å²) in [7, 11) is 0. The number of aromatic nitrogens is 1. The average molecular weight is 437 g/mol. The number of phenolic OH excluding ortho intramolecular Hbond substituents is 1. The highest BCUT2D eigenvalue weighted by Crippen LogP contribution is 2.32. The van der Waals surface area contributed by atoms with Crippen LogP contribution < -0.4 is 5.43 Å². The van der Waals surface area contributed by atoms with Crippen molar-refractivity contribution in [1.29, 1.82) is 0 Å². The second-order valence-electron chi connectivity index (χ2n) is 4.78. The predicted octanol–water partition coefficient (Wildman–Crippen LogP) is 4.16. The minimum atomic E-state index is -0.296. The molecule has 0 aliphatic rings. The maximum Gasteiger partial charge on any atom is 0.273 e. The molecule has 3 N–H and O–H groups in total. The highest BCUT2D eigenvalue weighted by Gasteiger charge is 2.10. The molecule has 116 valence electrons. The van der Waals surface area contributed by atoms with Crippen molar-refractivity contribution < 1.29 is 9.90 Å². The van der Waals surface area contributed by atoms with Crippen molar-refractivity contribution in [3.8, 4) is 5.75 Å². The Bertz CT molecular complexity index is 896. The number of hydrogen-bond donors (Lipinski definition) is 3. The summed E-state index contributed by atoms with van der Waals surface area (Å²) in [6.45, 7) is 0. The van der Waals surface area contributed by atoms with Gasteiger partial charge in [-0.1, -0.05) is 18.2 Å². The van der Waals surface area contributed by atoms with E-state index in [9.17, 15) is 9.90 Å². The molecule has 0 atom stereocenters. The maximum atomic E-state index is 12.2. The highest BCUT2D eigenvalue weighted by atomic mass is 79.9. The van der Waals surface area contributed by atoms with Crippen LogP contribution in [0.15, 0.2) is 56.6 Å². The Kier molecular flexibility index (Phi) is 4.49. The molecule has 2 aromatic carbocycles. The van der Waals surface area contributed by atoms with E-state index in [-0.39, 0.29) is 11.7 Å². The highest BCUT2D eigenvalue weighted by molar-refractivity contribution is 9.11. The standard InChI is InChI=1S/C16H11Br2N3O2/c17-12-5-9(6-13(18)15(12)22)7-20-21-16(23)11-8-19-14-4-2-1-3-10(11)14/h1-8,19,22H,(H,21,23)/b20-7+. The van der Waals surface area contributed by atoms with Crippen LogP contribution in [0.5, 0.6) is 5.75 Å². The molecule has 0 fully saturated rings. The van der Waals surface area contributed by atoms with Gasteiger partial charge in [0.05, 0.1) is 20.7 Å². The van der Waals surface area contributed by atoms with E-state index in [0.717, 1.165) is 16.5 Å². The molecular weight excluding hydrogens is 426 g/mol. The smallest absolute Gasteiger partial charge is 0.273 e. The molecule has 0 saturated heterocycles. The number of fused-ring (bicyclic) bond motifs is 1. The fourth-order valence-electron chi connectivity index (χ4n) is 2.14. The number of halogens is 2. The quantitative estimate of drug-likeness (QED) is 0.425. The molecule has 3 rings (SSSR count). The van der Waals surface area contributed by atoms with Crippen molar-refractivity contribution in [3.05, 3.63) is 62.7 Å². The zero-order chi connectivity index (χ0) is 16.4. The third kappa shape index (κ3) is 3.30. The molecule has 7 heteroatoms. The van der Waals surface area contributed by atoms with Crippen molar-refractivity contribution in [3.63, 3.8) is 0 Å². The van der Waals surface area contributed by atoms with Crippen LogP contribution in [0, 0.1) is 0 Å². The number of H-pyrrole nitrogens is 1. The third-order valence-electron chi connectivity index (χ3n) is 3.25. The number of carbonyl (C=O) groups excluding carboxylic acids is 1. The minimum Gasteiger partial charge on any atom is -0.506 e. The Morgan fingerprint density at radius 2 is 1.91 bits per heavy atom. The number of carbonyl (C=O) groups is 1. The zero-order valence-electron chi connectivity index (χ0n) is 11.7. The van der Waals surface area contributed by atoms with Crippen molar-refractivity contribution in [2.45, 2.75) is 0 Å². The molecule has 0 aliphatic carbocycles. The molecule has 0 aliphatic heterocycles. The molecule has 1 amide bonds. The number of rotatable bonds is 3. The molecule has 0 saturated carbocycles. The van der Waals surface area contributed by atoms with E-state index in [2.05, 4.69) is 47.4 Å². The molecule has 0 spiro atoms. The van der Waals surface area contributed by atoms with Gasteiger partial charge < -0.3 is 10.1 Å². The van der Waals surface area contributed by atoms with E-state index in [0.29, 0.717) is 14.5 Å². The summed E-state index contributed by atoms with van der Waals surface area (Å²) < 4.78 is 1.08. The lowest BCUT2D eigenvalue weighted by molar-refractivity contribution is 0.0957. The summed E-state index contributed by atoms with van der Waals surface area (Å²) in [6.07, 6.45) is 3.16. The van der Waals surface area contributed by atoms with Gasteiger partial charge in [0, 0.05) is 17.1 Å². The van der Waals surface area contributed by atoms with Crippen LogP contribution in [0.1, 0.15) is 15.9 Å². The van der Waals surface area contributed by atoms with E-state index in [1.54, 1.807) is 18.3 Å². The van der Waals surface area contributed by atoms with Crippen LogP contribution in [0.4, 0.5) is 0 Å². The Balaban J connectivity index is 1.76. The number of nitrogens with zero attached hydrogens (tertiary/aromatic N) is 1. The topological polar surface area (TPSA) is 77.5 Å². The predicted molar refractivity (Wildman–Crippen MR) is 96.9 cm³/mol. The van der Waals surface area contributed by atoms with Crippen molar-refractivity contribution in [1.82, 2.24) is 10.4 Å². The van der Waals surface area contributed by atoms with Gasteiger partial charge in [-0.05, 0) is 55.6 Å². The van der Waals surface area contributed by atoms with E-state index in [1.807, 2.05) is 24.3 Å². The second kappa shape index (κ2) is 6.55. The number of nitrogens with one attached hydrogen (secondary N) is 2. The lowest BCUT2D eigenvalue weighted by Gasteiger charge is -2.02. The molecule has 0 bridgehead atoms. The molecule has 23 heavy (non-hydrogen) atoms. The summed E-state index contributed by atoms with van der Waals surface area (Å²) in [5.41, 5.74) is 4.65. The van der Waals surface area contributed by atoms with Crippen molar-refractivity contribution in [2.75, 3.05) is 0 Å². The first-order chi connectivity index (χ1) is 11.1. The summed E-state index contributed by atoms with van der Waals surface area (Å²) >= 11 is 6.49. The first-order valence-corrected chi connectivity index (χ1v) is 8.22. The number of hydrazone groups is 1. The normalized spacial score (nSPS) is 11.2. The Morgan fingerprint density at radius 1 is 1.22 bits per heavy atom. The Hall–Kier alpha value is -2.12. The minimum absolute atomic E-state index is 0.116. The summed E-state index contributed by atoms with van der Waals surface area (Å²) in [5.74, 6) is -0.180. The monoisotopic (exact) mass is 435 g/mol. The maximum absolute atomic E-state index is 12.2. The van der Waals surface area contributed by atoms with Gasteiger partial charge in [-0.2, -0.15) is 5.10 Å². The molecule has 0 radical (unpaired) electrons. The van der Waals surface area contributed by atoms with E-state index in [1.165, 1.54) is 6.21 Å². The first-order valence-electron chi connectivity index (χ1n) is 6.64. The summed E-state index contributed by atoms with van der Waals surface area (Å²) in [4.78, 5) is 15.2. The van der Waals surface area contributed by atoms with Gasteiger partial charge in [0.15, 0.2) is 0 Å². The van der Waals surface area contributed by atoms with E-state index < -0.39 is 0 Å². The van der Waals surface area contributed by atoms with Gasteiger partial charge in [-0.15, -0.1) is 0 Å². The van der Waals surface area contributed by atoms with Crippen LogP contribution in [0.2, 0.25) is 0 Å². The van der Waals surface area contributed by atoms with Crippen molar-refractivity contribution >= 4 is 54.9 Å². The van der Waals surface area contributed by atoms with Gasteiger partial charge in [0.2, 0.25) is 0 Å². The number of aromatic amines is 1. The van der Waals surface area contributed by atoms with Crippen molar-refractivity contribution in [2.24, 2.45) is 5.10 Å². The molecule has 5 nitrogen and oxygen atoms in total. The van der Waals surface area contributed by atoms with Crippen LogP contribution in [-0.2, 0) is 0 Å². The first kappa shape index (κ1) is 15.8. The average Bonchev–Trinajstić information content (AvgIpc) is 2.96. The SMILES string of the molecule is O=C(N/N=C/c1cc(Br)c(O)c(Br)c1)c1c[nH]c2ccccc12. The molecular formula is C16H11Br2N3O2. The number of amides is 1. The van der Waals surface area contributed by atoms with Gasteiger partial charge >= 0.3 is 0 Å². The lowest BCUT2D eigenvalue weighted by Crippen LogP contribution is -2.17. The molecule has 1 aromatic heterocycles. The van der Waals surface area contributed by atoms with Gasteiger partial charge in [0.25, 0.3) is 5.91 Å². The van der Waals surface area contributed by atoms with Gasteiger partial charge in [0.1, 0.15) is 5.75 Å². The number of para-hydroxylation sites is 1. The van der Waals surface area contributed by atoms with Crippen LogP contribution >= 0.6 is 31.9 Å². The Morgan fingerprint density at radius 3 is 2.65 bits per heavy atom. The largest absolute Gasteiger partial charge is 0.506 e. The fraction of sp³-hybridized carbons (Fsp3) is 0. The number of hydrogen-bond acceptors (Lipinski definition) is 3. The van der Waals surface area contributed by atoms with Crippen LogP contribution in [-0.4, -0.2) is 22.2 Å². The number of benzene rings is 2. The Labute approximate surface area is 148 Å². The van der Waals surface area contributed by atoms with E-state index >= 15 is 0 Å². The fourth-order valence-corrected chi connectivity index (χ4v) is 3.37. The summed E-state index contributed by atoms with van der Waals surface area (Å²) in [5, 5.41) is 14.5. The lowest BCUT2D eigenvalue weighted by atomic mass is 10.2. The van der Waals surface area contributed by atoms with Crippen LogP contribution in [0.3, 0.4) is 0 Å². The zero-order valence-corrected chi connectivity index (χ0v) is 14.8. The van der Waals surface area contributed by atoms with Crippen LogP contribution in [0.25, 0.3) is 10.9 Å². The number of aromatic hydroxyl groups is 1. The molecule has 0 unspecified atom stereocenters. The summed E-state index contributed by atoms with van der Waals surface area (Å²) in [6, 6.07) is 10.9. The number of phenols is 1. The third-order valence-corrected chi connectivity index (χ3v) is 4.46. The molecule has 3 aromatic rings. The van der Waals surface area contributed by atoms with E-state index in [4.69, 9.17) is 0 Å². The second-order valence-corrected chi connectivity index (χ2v) is 6.49.